The van der Waals surface area contributed by atoms with Gasteiger partial charge in [-0.1, -0.05) is 0 Å². The van der Waals surface area contributed by atoms with Crippen molar-refractivity contribution < 1.29 is 9.90 Å². The number of carbonyl (C=O) groups is 1. The Hall–Kier alpha value is -1.10. The molecule has 0 bridgehead atoms. The van der Waals surface area contributed by atoms with Crippen LogP contribution in [0.4, 0.5) is 5.69 Å². The minimum atomic E-state index is -1.11. The van der Waals surface area contributed by atoms with Gasteiger partial charge in [-0.05, 0) is 34.5 Å². The van der Waals surface area contributed by atoms with Crippen LogP contribution in [0, 0.1) is 6.92 Å². The third kappa shape index (κ3) is 1.55. The molecule has 0 saturated heterocycles. The topological polar surface area (TPSA) is 76.2 Å². The van der Waals surface area contributed by atoms with Gasteiger partial charge in [0.25, 0.3) is 0 Å². The molecule has 0 spiro atoms. The molecule has 1 aromatic heterocycles. The molecule has 1 rings (SSSR count). The highest BCUT2D eigenvalue weighted by molar-refractivity contribution is 9.10. The van der Waals surface area contributed by atoms with Crippen LogP contribution < -0.4 is 5.73 Å². The van der Waals surface area contributed by atoms with Crippen LogP contribution in [0.3, 0.4) is 0 Å². The average molecular weight is 231 g/mol. The number of halogens is 1. The van der Waals surface area contributed by atoms with E-state index >= 15 is 0 Å². The lowest BCUT2D eigenvalue weighted by Crippen LogP contribution is -2.07. The number of rotatable bonds is 1. The Bertz CT molecular complexity index is 338. The first-order valence-corrected chi connectivity index (χ1v) is 3.97. The van der Waals surface area contributed by atoms with E-state index in [1.54, 1.807) is 13.0 Å². The highest BCUT2D eigenvalue weighted by atomic mass is 79.9. The maximum atomic E-state index is 10.6. The molecule has 0 fully saturated rings. The number of anilines is 1. The Morgan fingerprint density at radius 2 is 2.33 bits per heavy atom. The summed E-state index contributed by atoms with van der Waals surface area (Å²) in [4.78, 5) is 14.3. The number of carboxylic acids is 1. The van der Waals surface area contributed by atoms with Crippen LogP contribution in [0.2, 0.25) is 0 Å². The molecule has 0 aliphatic carbocycles. The van der Waals surface area contributed by atoms with E-state index in [1.807, 2.05) is 0 Å². The van der Waals surface area contributed by atoms with E-state index in [0.717, 1.165) is 0 Å². The van der Waals surface area contributed by atoms with E-state index in [4.69, 9.17) is 10.8 Å². The molecule has 0 saturated carbocycles. The zero-order chi connectivity index (χ0) is 9.30. The number of pyridine rings is 1. The fraction of sp³-hybridized carbons (Fsp3) is 0.143. The van der Waals surface area contributed by atoms with E-state index in [-0.39, 0.29) is 11.4 Å². The first kappa shape index (κ1) is 8.99. The summed E-state index contributed by atoms with van der Waals surface area (Å²) >= 11 is 3.09. The smallest absolute Gasteiger partial charge is 0.356 e. The molecule has 0 atom stereocenters. The van der Waals surface area contributed by atoms with Gasteiger partial charge in [0, 0.05) is 0 Å². The zero-order valence-corrected chi connectivity index (χ0v) is 7.92. The highest BCUT2D eigenvalue weighted by Crippen LogP contribution is 2.19. The molecule has 5 heteroatoms. The molecule has 1 heterocycles. The van der Waals surface area contributed by atoms with Gasteiger partial charge in [-0.25, -0.2) is 9.78 Å². The second kappa shape index (κ2) is 3.10. The number of nitrogen functional groups attached to an aromatic ring is 1. The van der Waals surface area contributed by atoms with Crippen LogP contribution in [-0.4, -0.2) is 16.1 Å². The largest absolute Gasteiger partial charge is 0.476 e. The molecule has 0 amide bonds. The average Bonchev–Trinajstić information content (AvgIpc) is 1.96. The van der Waals surface area contributed by atoms with Crippen molar-refractivity contribution in [1.29, 1.82) is 0 Å². The van der Waals surface area contributed by atoms with Crippen molar-refractivity contribution >= 4 is 27.6 Å². The summed E-state index contributed by atoms with van der Waals surface area (Å²) in [7, 11) is 0. The molecule has 0 radical (unpaired) electrons. The molecule has 0 aliphatic rings. The van der Waals surface area contributed by atoms with Gasteiger partial charge in [-0.2, -0.15) is 0 Å². The maximum Gasteiger partial charge on any atom is 0.356 e. The van der Waals surface area contributed by atoms with Gasteiger partial charge in [0.15, 0.2) is 5.69 Å². The number of aromatic carboxylic acids is 1. The Morgan fingerprint density at radius 1 is 1.75 bits per heavy atom. The molecular formula is C7H7BrN2O2. The van der Waals surface area contributed by atoms with Gasteiger partial charge >= 0.3 is 5.97 Å². The summed E-state index contributed by atoms with van der Waals surface area (Å²) in [6.45, 7) is 1.73. The first-order valence-electron chi connectivity index (χ1n) is 3.18. The number of nitrogens with zero attached hydrogens (tertiary/aromatic N) is 1. The number of carboxylic acid groups (broad SMARTS) is 1. The number of nitrogens with two attached hydrogens (primary N) is 1. The van der Waals surface area contributed by atoms with E-state index < -0.39 is 5.97 Å². The molecule has 64 valence electrons. The van der Waals surface area contributed by atoms with Crippen molar-refractivity contribution in [3.63, 3.8) is 0 Å². The Morgan fingerprint density at radius 3 is 2.83 bits per heavy atom. The van der Waals surface area contributed by atoms with Crippen molar-refractivity contribution in [3.05, 3.63) is 21.9 Å². The second-order valence-corrected chi connectivity index (χ2v) is 3.14. The third-order valence-corrected chi connectivity index (χ3v) is 1.84. The van der Waals surface area contributed by atoms with E-state index in [0.29, 0.717) is 10.2 Å². The Kier molecular flexibility index (Phi) is 2.32. The van der Waals surface area contributed by atoms with Gasteiger partial charge in [-0.15, -0.1) is 0 Å². The normalized spacial score (nSPS) is 9.83. The van der Waals surface area contributed by atoms with Gasteiger partial charge < -0.3 is 10.8 Å². The molecule has 12 heavy (non-hydrogen) atoms. The van der Waals surface area contributed by atoms with Crippen molar-refractivity contribution in [2.24, 2.45) is 0 Å². The summed E-state index contributed by atoms with van der Waals surface area (Å²) in [6.07, 6.45) is 0. The summed E-state index contributed by atoms with van der Waals surface area (Å²) in [6, 6.07) is 1.67. The Labute approximate surface area is 77.5 Å². The predicted molar refractivity (Wildman–Crippen MR) is 48.0 cm³/mol. The zero-order valence-electron chi connectivity index (χ0n) is 6.34. The SMILES string of the molecule is Cc1cc(Br)nc(C(=O)O)c1N. The second-order valence-electron chi connectivity index (χ2n) is 2.33. The van der Waals surface area contributed by atoms with Crippen molar-refractivity contribution in [1.82, 2.24) is 4.98 Å². The molecule has 1 aromatic rings. The monoisotopic (exact) mass is 230 g/mol. The molecule has 3 N–H and O–H groups in total. The minimum Gasteiger partial charge on any atom is -0.476 e. The summed E-state index contributed by atoms with van der Waals surface area (Å²) in [5.74, 6) is -1.11. The Balaban J connectivity index is 3.37. The van der Waals surface area contributed by atoms with Crippen LogP contribution in [0.5, 0.6) is 0 Å². The van der Waals surface area contributed by atoms with Gasteiger partial charge in [0.1, 0.15) is 4.60 Å². The quantitative estimate of drug-likeness (QED) is 0.717. The molecule has 0 unspecified atom stereocenters. The predicted octanol–water partition coefficient (Wildman–Crippen LogP) is 1.43. The van der Waals surface area contributed by atoms with E-state index in [1.165, 1.54) is 0 Å². The van der Waals surface area contributed by atoms with Gasteiger partial charge in [-0.3, -0.25) is 0 Å². The number of aromatic nitrogens is 1. The fourth-order valence-corrected chi connectivity index (χ4v) is 1.33. The molecule has 0 aromatic carbocycles. The number of hydrogen-bond donors (Lipinski definition) is 2. The van der Waals surface area contributed by atoms with Crippen LogP contribution in [-0.2, 0) is 0 Å². The van der Waals surface area contributed by atoms with Gasteiger partial charge in [0.05, 0.1) is 5.69 Å². The van der Waals surface area contributed by atoms with Crippen LogP contribution in [0.15, 0.2) is 10.7 Å². The standard InChI is InChI=1S/C7H7BrN2O2/c1-3-2-4(8)10-6(5(3)9)7(11)12/h2H,9H2,1H3,(H,11,12). The van der Waals surface area contributed by atoms with Crippen LogP contribution in [0.1, 0.15) is 16.1 Å². The number of aryl methyl sites for hydroxylation is 1. The van der Waals surface area contributed by atoms with Gasteiger partial charge in [0.2, 0.25) is 0 Å². The number of hydrogen-bond acceptors (Lipinski definition) is 3. The van der Waals surface area contributed by atoms with Crippen molar-refractivity contribution in [2.75, 3.05) is 5.73 Å². The molecule has 0 aliphatic heterocycles. The van der Waals surface area contributed by atoms with Crippen molar-refractivity contribution in [2.45, 2.75) is 6.92 Å². The minimum absolute atomic E-state index is 0.109. The van der Waals surface area contributed by atoms with Crippen molar-refractivity contribution in [3.8, 4) is 0 Å². The van der Waals surface area contributed by atoms with Crippen LogP contribution >= 0.6 is 15.9 Å². The lowest BCUT2D eigenvalue weighted by atomic mass is 10.2. The van der Waals surface area contributed by atoms with E-state index in [2.05, 4.69) is 20.9 Å². The lowest BCUT2D eigenvalue weighted by molar-refractivity contribution is 0.0691. The van der Waals surface area contributed by atoms with E-state index in [9.17, 15) is 4.79 Å². The lowest BCUT2D eigenvalue weighted by Gasteiger charge is -2.03. The first-order chi connectivity index (χ1) is 5.52. The van der Waals surface area contributed by atoms with Crippen LogP contribution in [0.25, 0.3) is 0 Å². The third-order valence-electron chi connectivity index (χ3n) is 1.44. The molecular weight excluding hydrogens is 224 g/mol. The maximum absolute atomic E-state index is 10.6. The highest BCUT2D eigenvalue weighted by Gasteiger charge is 2.12. The molecule has 4 nitrogen and oxygen atoms in total. The fourth-order valence-electron chi connectivity index (χ4n) is 0.806. The summed E-state index contributed by atoms with van der Waals surface area (Å²) in [5.41, 5.74) is 6.30. The summed E-state index contributed by atoms with van der Waals surface area (Å²) in [5, 5.41) is 8.65. The summed E-state index contributed by atoms with van der Waals surface area (Å²) < 4.78 is 0.478.